The van der Waals surface area contributed by atoms with Crippen molar-refractivity contribution in [2.75, 3.05) is 0 Å². The van der Waals surface area contributed by atoms with E-state index in [0.717, 1.165) is 17.8 Å². The van der Waals surface area contributed by atoms with E-state index < -0.39 is 0 Å². The van der Waals surface area contributed by atoms with E-state index in [1.807, 2.05) is 0 Å². The summed E-state index contributed by atoms with van der Waals surface area (Å²) in [5, 5.41) is 0. The van der Waals surface area contributed by atoms with Gasteiger partial charge in [-0.2, -0.15) is 0 Å². The van der Waals surface area contributed by atoms with Gasteiger partial charge in [0, 0.05) is 0 Å². The molecule has 0 radical (unpaired) electrons. The fraction of sp³-hybridized carbons (Fsp3) is 0.684. The quantitative estimate of drug-likeness (QED) is 0.508. The zero-order valence-corrected chi connectivity index (χ0v) is 13.2. The third-order valence-corrected chi connectivity index (χ3v) is 5.25. The zero-order valence-electron chi connectivity index (χ0n) is 13.2. The van der Waals surface area contributed by atoms with Gasteiger partial charge in [-0.3, -0.25) is 0 Å². The van der Waals surface area contributed by atoms with Gasteiger partial charge < -0.3 is 0 Å². The SMILES string of the molecule is C/C=C(\CCCC(C)=C(C)C)CC1CC2C=CC1C2. The van der Waals surface area contributed by atoms with Crippen LogP contribution in [0, 0.1) is 17.8 Å². The largest absolute Gasteiger partial charge is 0.0884 e. The molecular weight excluding hydrogens is 228 g/mol. The number of hydrogen-bond acceptors (Lipinski definition) is 0. The van der Waals surface area contributed by atoms with E-state index >= 15 is 0 Å². The molecule has 2 rings (SSSR count). The van der Waals surface area contributed by atoms with Gasteiger partial charge in [0.1, 0.15) is 0 Å². The smallest absolute Gasteiger partial charge is 0.0196 e. The molecule has 0 aromatic rings. The first kappa shape index (κ1) is 14.6. The minimum atomic E-state index is 0.902. The van der Waals surface area contributed by atoms with Gasteiger partial charge in [0.2, 0.25) is 0 Å². The highest BCUT2D eigenvalue weighted by atomic mass is 14.4. The van der Waals surface area contributed by atoms with Crippen molar-refractivity contribution < 1.29 is 0 Å². The van der Waals surface area contributed by atoms with Crippen molar-refractivity contribution in [3.63, 3.8) is 0 Å². The summed E-state index contributed by atoms with van der Waals surface area (Å²) in [7, 11) is 0. The van der Waals surface area contributed by atoms with Crippen LogP contribution in [0.15, 0.2) is 34.9 Å². The van der Waals surface area contributed by atoms with Crippen LogP contribution in [-0.4, -0.2) is 0 Å². The molecule has 0 heterocycles. The second kappa shape index (κ2) is 6.59. The van der Waals surface area contributed by atoms with Crippen molar-refractivity contribution in [1.82, 2.24) is 0 Å². The lowest BCUT2D eigenvalue weighted by atomic mass is 9.86. The van der Waals surface area contributed by atoms with Crippen molar-refractivity contribution in [2.45, 2.75) is 66.2 Å². The van der Waals surface area contributed by atoms with Crippen molar-refractivity contribution >= 4 is 0 Å². The average molecular weight is 258 g/mol. The monoisotopic (exact) mass is 258 g/mol. The molecule has 106 valence electrons. The summed E-state index contributed by atoms with van der Waals surface area (Å²) in [6.07, 6.45) is 15.5. The maximum atomic E-state index is 2.49. The van der Waals surface area contributed by atoms with E-state index in [0.29, 0.717) is 0 Å². The molecule has 3 unspecified atom stereocenters. The molecule has 0 spiro atoms. The molecule has 19 heavy (non-hydrogen) atoms. The van der Waals surface area contributed by atoms with Crippen LogP contribution in [0.5, 0.6) is 0 Å². The Balaban J connectivity index is 1.76. The summed E-state index contributed by atoms with van der Waals surface area (Å²) < 4.78 is 0. The first-order chi connectivity index (χ1) is 9.10. The Hall–Kier alpha value is -0.780. The molecule has 2 aliphatic carbocycles. The molecule has 3 atom stereocenters. The Bertz CT molecular complexity index is 390. The van der Waals surface area contributed by atoms with Crippen LogP contribution in [0.2, 0.25) is 0 Å². The second-order valence-corrected chi connectivity index (χ2v) is 6.83. The normalized spacial score (nSPS) is 29.1. The maximum absolute atomic E-state index is 2.49. The van der Waals surface area contributed by atoms with Crippen molar-refractivity contribution in [3.05, 3.63) is 34.9 Å². The van der Waals surface area contributed by atoms with E-state index in [1.54, 1.807) is 11.1 Å². The highest BCUT2D eigenvalue weighted by Crippen LogP contribution is 2.46. The number of hydrogen-bond donors (Lipinski definition) is 0. The predicted octanol–water partition coefficient (Wildman–Crippen LogP) is 6.06. The summed E-state index contributed by atoms with van der Waals surface area (Å²) in [5.41, 5.74) is 4.78. The predicted molar refractivity (Wildman–Crippen MR) is 85.1 cm³/mol. The molecular formula is C19H30. The molecule has 0 saturated heterocycles. The maximum Gasteiger partial charge on any atom is -0.0196 e. The van der Waals surface area contributed by atoms with Crippen LogP contribution >= 0.6 is 0 Å². The summed E-state index contributed by atoms with van der Waals surface area (Å²) in [6, 6.07) is 0. The van der Waals surface area contributed by atoms with Gasteiger partial charge >= 0.3 is 0 Å². The highest BCUT2D eigenvalue weighted by Gasteiger charge is 2.35. The van der Waals surface area contributed by atoms with Crippen LogP contribution in [0.3, 0.4) is 0 Å². The van der Waals surface area contributed by atoms with Gasteiger partial charge in [0.05, 0.1) is 0 Å². The molecule has 0 aromatic heterocycles. The summed E-state index contributed by atoms with van der Waals surface area (Å²) >= 11 is 0. The molecule has 0 heteroatoms. The first-order valence-electron chi connectivity index (χ1n) is 8.05. The number of fused-ring (bicyclic) bond motifs is 2. The summed E-state index contributed by atoms with van der Waals surface area (Å²) in [4.78, 5) is 0. The molecule has 0 aromatic carbocycles. The lowest BCUT2D eigenvalue weighted by Gasteiger charge is -2.20. The third-order valence-electron chi connectivity index (χ3n) is 5.25. The number of allylic oxidation sites excluding steroid dienone is 6. The Labute approximate surface area is 119 Å². The van der Waals surface area contributed by atoms with Crippen molar-refractivity contribution in [2.24, 2.45) is 17.8 Å². The van der Waals surface area contributed by atoms with Crippen molar-refractivity contribution in [3.8, 4) is 0 Å². The van der Waals surface area contributed by atoms with Crippen LogP contribution in [0.4, 0.5) is 0 Å². The van der Waals surface area contributed by atoms with Crippen LogP contribution in [0.25, 0.3) is 0 Å². The van der Waals surface area contributed by atoms with Gasteiger partial charge in [-0.25, -0.2) is 0 Å². The van der Waals surface area contributed by atoms with Gasteiger partial charge in [0.15, 0.2) is 0 Å². The highest BCUT2D eigenvalue weighted by molar-refractivity contribution is 5.14. The molecule has 2 bridgehead atoms. The minimum Gasteiger partial charge on any atom is -0.0884 e. The fourth-order valence-electron chi connectivity index (χ4n) is 3.66. The Morgan fingerprint density at radius 3 is 2.42 bits per heavy atom. The van der Waals surface area contributed by atoms with Gasteiger partial charge in [0.25, 0.3) is 0 Å². The molecule has 0 aliphatic heterocycles. The second-order valence-electron chi connectivity index (χ2n) is 6.83. The van der Waals surface area contributed by atoms with E-state index in [9.17, 15) is 0 Å². The zero-order chi connectivity index (χ0) is 13.8. The molecule has 1 saturated carbocycles. The van der Waals surface area contributed by atoms with E-state index in [4.69, 9.17) is 0 Å². The van der Waals surface area contributed by atoms with E-state index in [1.165, 1.54) is 44.1 Å². The average Bonchev–Trinajstić information content (AvgIpc) is 2.99. The standard InChI is InChI=1S/C19H30/c1-5-16(8-6-7-15(4)14(2)3)11-19-13-17-9-10-18(19)12-17/h5,9-10,17-19H,6-8,11-13H2,1-4H3/b16-5+. The summed E-state index contributed by atoms with van der Waals surface area (Å²) in [6.45, 7) is 8.97. The Morgan fingerprint density at radius 2 is 1.89 bits per heavy atom. The Kier molecular flexibility index (Phi) is 5.07. The van der Waals surface area contributed by atoms with E-state index in [-0.39, 0.29) is 0 Å². The first-order valence-corrected chi connectivity index (χ1v) is 8.05. The fourth-order valence-corrected chi connectivity index (χ4v) is 3.66. The minimum absolute atomic E-state index is 0.902. The van der Waals surface area contributed by atoms with Gasteiger partial charge in [-0.15, -0.1) is 0 Å². The topological polar surface area (TPSA) is 0 Å². The summed E-state index contributed by atoms with van der Waals surface area (Å²) in [5.74, 6) is 2.77. The van der Waals surface area contributed by atoms with Gasteiger partial charge in [-0.1, -0.05) is 34.9 Å². The Morgan fingerprint density at radius 1 is 1.11 bits per heavy atom. The lowest BCUT2D eigenvalue weighted by Crippen LogP contribution is -2.08. The number of rotatable bonds is 6. The molecule has 0 amide bonds. The molecule has 2 aliphatic rings. The third kappa shape index (κ3) is 3.84. The van der Waals surface area contributed by atoms with Crippen LogP contribution in [-0.2, 0) is 0 Å². The molecule has 1 fully saturated rings. The molecule has 0 nitrogen and oxygen atoms in total. The van der Waals surface area contributed by atoms with Crippen LogP contribution < -0.4 is 0 Å². The lowest BCUT2D eigenvalue weighted by molar-refractivity contribution is 0.437. The van der Waals surface area contributed by atoms with Gasteiger partial charge in [-0.05, 0) is 84.0 Å². The van der Waals surface area contributed by atoms with Crippen molar-refractivity contribution in [1.29, 1.82) is 0 Å². The van der Waals surface area contributed by atoms with Crippen LogP contribution in [0.1, 0.15) is 66.2 Å². The van der Waals surface area contributed by atoms with E-state index in [2.05, 4.69) is 45.9 Å². The molecule has 0 N–H and O–H groups in total.